The summed E-state index contributed by atoms with van der Waals surface area (Å²) >= 11 is 0. The molecule has 0 radical (unpaired) electrons. The highest BCUT2D eigenvalue weighted by Gasteiger charge is 2.41. The van der Waals surface area contributed by atoms with E-state index in [9.17, 15) is 0 Å². The first-order chi connectivity index (χ1) is 25.0. The molecule has 1 aliphatic carbocycles. The van der Waals surface area contributed by atoms with E-state index in [4.69, 9.17) is 0 Å². The highest BCUT2D eigenvalue weighted by Crippen LogP contribution is 2.55. The first kappa shape index (κ1) is 34.4. The smallest absolute Gasteiger partial charge is 0.0465 e. The third-order valence-electron chi connectivity index (χ3n) is 11.4. The third kappa shape index (κ3) is 6.27. The normalized spacial score (nSPS) is 12.7. The van der Waals surface area contributed by atoms with Crippen molar-refractivity contribution >= 4 is 34.1 Å². The van der Waals surface area contributed by atoms with Gasteiger partial charge in [-0.15, -0.1) is 0 Å². The van der Waals surface area contributed by atoms with Crippen LogP contribution in [0.3, 0.4) is 0 Å². The Morgan fingerprint density at radius 3 is 0.922 bits per heavy atom. The lowest BCUT2D eigenvalue weighted by atomic mass is 9.73. The minimum absolute atomic E-state index is 0.0961. The fraction of sp³-hybridized carbons (Fsp3) is 0.265. The average Bonchev–Trinajstić information content (AvgIpc) is 3.47. The monoisotopic (exact) mass is 668 g/mol. The van der Waals surface area contributed by atoms with E-state index in [0.717, 1.165) is 38.5 Å². The molecule has 0 amide bonds. The van der Waals surface area contributed by atoms with E-state index in [0.29, 0.717) is 0 Å². The molecule has 258 valence electrons. The Bertz CT molecular complexity index is 1910. The molecule has 0 N–H and O–H groups in total. The Kier molecular flexibility index (Phi) is 9.87. The first-order valence-corrected chi connectivity index (χ1v) is 19.2. The molecule has 0 saturated carbocycles. The van der Waals surface area contributed by atoms with E-state index in [1.165, 1.54) is 78.6 Å². The summed E-state index contributed by atoms with van der Waals surface area (Å²) in [5, 5.41) is 0. The lowest BCUT2D eigenvalue weighted by molar-refractivity contribution is 0.490. The van der Waals surface area contributed by atoms with Crippen molar-refractivity contribution < 1.29 is 0 Å². The maximum absolute atomic E-state index is 2.51. The van der Waals surface area contributed by atoms with Gasteiger partial charge in [-0.25, -0.2) is 0 Å². The maximum Gasteiger partial charge on any atom is 0.0465 e. The van der Waals surface area contributed by atoms with E-state index in [-0.39, 0.29) is 5.41 Å². The molecule has 0 aromatic heterocycles. The Morgan fingerprint density at radius 2 is 0.647 bits per heavy atom. The molecule has 2 nitrogen and oxygen atoms in total. The van der Waals surface area contributed by atoms with Gasteiger partial charge in [-0.2, -0.15) is 0 Å². The van der Waals surface area contributed by atoms with Crippen molar-refractivity contribution in [3.8, 4) is 11.1 Å². The molecule has 6 aromatic carbocycles. The Balaban J connectivity index is 1.39. The fourth-order valence-corrected chi connectivity index (χ4v) is 8.32. The van der Waals surface area contributed by atoms with Crippen molar-refractivity contribution in [2.24, 2.45) is 0 Å². The second kappa shape index (κ2) is 14.6. The van der Waals surface area contributed by atoms with Gasteiger partial charge in [0.05, 0.1) is 0 Å². The lowest BCUT2D eigenvalue weighted by Crippen LogP contribution is -2.24. The number of aryl methyl sites for hydroxylation is 4. The number of anilines is 6. The van der Waals surface area contributed by atoms with Crippen molar-refractivity contribution in [3.63, 3.8) is 0 Å². The minimum Gasteiger partial charge on any atom is -0.310 e. The van der Waals surface area contributed by atoms with E-state index >= 15 is 0 Å². The molecule has 0 saturated heterocycles. The topological polar surface area (TPSA) is 6.48 Å². The fourth-order valence-electron chi connectivity index (χ4n) is 8.32. The summed E-state index contributed by atoms with van der Waals surface area (Å²) in [6, 6.07) is 50.7. The largest absolute Gasteiger partial charge is 0.310 e. The molecule has 0 atom stereocenters. The van der Waals surface area contributed by atoms with E-state index in [2.05, 4.69) is 185 Å². The molecule has 0 aliphatic heterocycles. The van der Waals surface area contributed by atoms with Crippen molar-refractivity contribution in [1.82, 2.24) is 0 Å². The van der Waals surface area contributed by atoms with Gasteiger partial charge in [-0.05, 0) is 156 Å². The molecule has 0 heterocycles. The van der Waals surface area contributed by atoms with Crippen LogP contribution in [0.1, 0.15) is 87.8 Å². The van der Waals surface area contributed by atoms with Gasteiger partial charge in [-0.3, -0.25) is 0 Å². The molecule has 0 spiro atoms. The van der Waals surface area contributed by atoms with Crippen LogP contribution in [0.2, 0.25) is 0 Å². The van der Waals surface area contributed by atoms with Crippen LogP contribution in [0.4, 0.5) is 34.1 Å². The number of nitrogens with zero attached hydrogens (tertiary/aromatic N) is 2. The summed E-state index contributed by atoms with van der Waals surface area (Å²) in [6.45, 7) is 13.7. The molecule has 0 bridgehead atoms. The number of benzene rings is 6. The Morgan fingerprint density at radius 1 is 0.353 bits per heavy atom. The first-order valence-electron chi connectivity index (χ1n) is 19.2. The van der Waals surface area contributed by atoms with Gasteiger partial charge in [0, 0.05) is 39.5 Å². The van der Waals surface area contributed by atoms with Crippen LogP contribution in [-0.2, 0) is 31.1 Å². The lowest BCUT2D eigenvalue weighted by Gasteiger charge is -2.33. The highest BCUT2D eigenvalue weighted by atomic mass is 15.1. The van der Waals surface area contributed by atoms with Crippen LogP contribution >= 0.6 is 0 Å². The summed E-state index contributed by atoms with van der Waals surface area (Å²) in [7, 11) is 0. The molecule has 6 aromatic rings. The van der Waals surface area contributed by atoms with E-state index in [1.807, 2.05) is 0 Å². The maximum atomic E-state index is 2.51. The average molecular weight is 669 g/mol. The Labute approximate surface area is 306 Å². The second-order valence-corrected chi connectivity index (χ2v) is 14.0. The standard InChI is InChI=1S/C49H52N2/c1-7-35-17-13-21-39(29-35)50(40-22-14-18-36(8-2)30-40)43-25-27-45-46-28-26-44(34-48(46)49(11-5,12-6)47(45)33-43)51(41-23-15-19-37(9-3)31-41)42-24-16-20-38(10-4)32-42/h13-34H,7-12H2,1-6H3. The predicted octanol–water partition coefficient (Wildman–Crippen LogP) is 14.0. The van der Waals surface area contributed by atoms with Crippen LogP contribution in [-0.4, -0.2) is 0 Å². The molecule has 2 heteroatoms. The minimum atomic E-state index is -0.0961. The molecule has 7 rings (SSSR count). The van der Waals surface area contributed by atoms with Crippen molar-refractivity contribution in [3.05, 3.63) is 167 Å². The van der Waals surface area contributed by atoms with Gasteiger partial charge < -0.3 is 9.80 Å². The van der Waals surface area contributed by atoms with Crippen LogP contribution < -0.4 is 9.80 Å². The van der Waals surface area contributed by atoms with Crippen LogP contribution in [0.15, 0.2) is 133 Å². The van der Waals surface area contributed by atoms with Gasteiger partial charge >= 0.3 is 0 Å². The molecule has 0 fully saturated rings. The number of fused-ring (bicyclic) bond motifs is 3. The third-order valence-corrected chi connectivity index (χ3v) is 11.4. The zero-order chi connectivity index (χ0) is 35.5. The molecule has 51 heavy (non-hydrogen) atoms. The zero-order valence-corrected chi connectivity index (χ0v) is 31.3. The summed E-state index contributed by atoms with van der Waals surface area (Å²) in [5.41, 5.74) is 18.1. The van der Waals surface area contributed by atoms with Crippen molar-refractivity contribution in [2.75, 3.05) is 9.80 Å². The van der Waals surface area contributed by atoms with Crippen LogP contribution in [0, 0.1) is 0 Å². The number of hydrogen-bond donors (Lipinski definition) is 0. The summed E-state index contributed by atoms with van der Waals surface area (Å²) in [4.78, 5) is 4.93. The van der Waals surface area contributed by atoms with Gasteiger partial charge in [0.25, 0.3) is 0 Å². The quantitative estimate of drug-likeness (QED) is 0.128. The molecular weight excluding hydrogens is 617 g/mol. The van der Waals surface area contributed by atoms with Crippen molar-refractivity contribution in [1.29, 1.82) is 0 Å². The Hall–Kier alpha value is -5.08. The van der Waals surface area contributed by atoms with E-state index < -0.39 is 0 Å². The van der Waals surface area contributed by atoms with Gasteiger partial charge in [-0.1, -0.05) is 102 Å². The number of hydrogen-bond acceptors (Lipinski definition) is 2. The van der Waals surface area contributed by atoms with Crippen LogP contribution in [0.5, 0.6) is 0 Å². The number of rotatable bonds is 12. The SMILES string of the molecule is CCc1cccc(N(c2cccc(CC)c2)c2ccc3c(c2)C(CC)(CC)c2cc(N(c4cccc(CC)c4)c4cccc(CC)c4)ccc2-3)c1. The van der Waals surface area contributed by atoms with Crippen molar-refractivity contribution in [2.45, 2.75) is 85.5 Å². The summed E-state index contributed by atoms with van der Waals surface area (Å²) < 4.78 is 0. The van der Waals surface area contributed by atoms with Gasteiger partial charge in [0.2, 0.25) is 0 Å². The molecule has 0 unspecified atom stereocenters. The van der Waals surface area contributed by atoms with E-state index in [1.54, 1.807) is 0 Å². The molecular formula is C49H52N2. The van der Waals surface area contributed by atoms with Gasteiger partial charge in [0.1, 0.15) is 0 Å². The summed E-state index contributed by atoms with van der Waals surface area (Å²) in [5.74, 6) is 0. The highest BCUT2D eigenvalue weighted by molar-refractivity contribution is 5.88. The predicted molar refractivity (Wildman–Crippen MR) is 220 cm³/mol. The zero-order valence-electron chi connectivity index (χ0n) is 31.3. The summed E-state index contributed by atoms with van der Waals surface area (Å²) in [6.07, 6.45) is 6.10. The van der Waals surface area contributed by atoms with Crippen LogP contribution in [0.25, 0.3) is 11.1 Å². The van der Waals surface area contributed by atoms with Gasteiger partial charge in [0.15, 0.2) is 0 Å². The second-order valence-electron chi connectivity index (χ2n) is 14.0. The molecule has 1 aliphatic rings.